The molecule has 7 heteroatoms. The van der Waals surface area contributed by atoms with Gasteiger partial charge in [-0.15, -0.1) is 4.47 Å². The normalized spacial score (nSPS) is 10.9. The molecule has 0 unspecified atom stereocenters. The summed E-state index contributed by atoms with van der Waals surface area (Å²) in [4.78, 5) is -0.127. The first kappa shape index (κ1) is 10.5. The standard InChI is InChI=1S/C7H9N3O3S/c8-7(9)10(11)14(12,13)6-4-2-1-3-5-6/h1-5,11H,(H3,8,9). The van der Waals surface area contributed by atoms with Crippen molar-refractivity contribution in [2.75, 3.05) is 0 Å². The van der Waals surface area contributed by atoms with Crippen molar-refractivity contribution >= 4 is 16.0 Å². The van der Waals surface area contributed by atoms with E-state index in [1.807, 2.05) is 0 Å². The van der Waals surface area contributed by atoms with Crippen molar-refractivity contribution in [3.05, 3.63) is 30.3 Å². The Kier molecular flexibility index (Phi) is 2.73. The van der Waals surface area contributed by atoms with Crippen LogP contribution >= 0.6 is 0 Å². The number of guanidine groups is 1. The van der Waals surface area contributed by atoms with Crippen LogP contribution in [0, 0.1) is 5.41 Å². The third-order valence-electron chi connectivity index (χ3n) is 1.47. The van der Waals surface area contributed by atoms with Gasteiger partial charge in [-0.05, 0) is 12.1 Å². The number of sulfonamides is 1. The first-order valence-electron chi connectivity index (χ1n) is 3.59. The molecule has 0 aliphatic rings. The zero-order valence-corrected chi connectivity index (χ0v) is 7.90. The van der Waals surface area contributed by atoms with Gasteiger partial charge in [-0.25, -0.2) is 0 Å². The Morgan fingerprint density at radius 3 is 2.29 bits per heavy atom. The molecule has 0 spiro atoms. The second-order valence-electron chi connectivity index (χ2n) is 2.45. The molecular formula is C7H9N3O3S. The largest absolute Gasteiger partial charge is 0.367 e. The lowest BCUT2D eigenvalue weighted by atomic mass is 10.4. The minimum absolute atomic E-state index is 0.127. The van der Waals surface area contributed by atoms with E-state index in [4.69, 9.17) is 16.4 Å². The van der Waals surface area contributed by atoms with Gasteiger partial charge in [-0.1, -0.05) is 18.2 Å². The van der Waals surface area contributed by atoms with Gasteiger partial charge in [0.2, 0.25) is 5.96 Å². The van der Waals surface area contributed by atoms with Crippen LogP contribution in [0.4, 0.5) is 0 Å². The first-order chi connectivity index (χ1) is 6.46. The Morgan fingerprint density at radius 2 is 1.86 bits per heavy atom. The number of hydroxylamine groups is 1. The first-order valence-corrected chi connectivity index (χ1v) is 5.03. The summed E-state index contributed by atoms with van der Waals surface area (Å²) >= 11 is 0. The van der Waals surface area contributed by atoms with Crippen molar-refractivity contribution < 1.29 is 13.6 Å². The van der Waals surface area contributed by atoms with E-state index >= 15 is 0 Å². The number of rotatable bonds is 2. The van der Waals surface area contributed by atoms with E-state index in [1.165, 1.54) is 24.3 Å². The predicted molar refractivity (Wildman–Crippen MR) is 49.2 cm³/mol. The summed E-state index contributed by atoms with van der Waals surface area (Å²) in [5.74, 6) is -0.950. The van der Waals surface area contributed by atoms with Crippen LogP contribution in [0.25, 0.3) is 0 Å². The molecule has 0 heterocycles. The molecule has 0 saturated heterocycles. The van der Waals surface area contributed by atoms with Crippen molar-refractivity contribution in [3.63, 3.8) is 0 Å². The van der Waals surface area contributed by atoms with Crippen molar-refractivity contribution in [2.45, 2.75) is 4.90 Å². The quantitative estimate of drug-likeness (QED) is 0.365. The summed E-state index contributed by atoms with van der Waals surface area (Å²) in [6.45, 7) is 0. The van der Waals surface area contributed by atoms with Crippen LogP contribution in [0.1, 0.15) is 0 Å². The topological polar surface area (TPSA) is 107 Å². The van der Waals surface area contributed by atoms with Gasteiger partial charge in [-0.2, -0.15) is 8.42 Å². The van der Waals surface area contributed by atoms with Gasteiger partial charge in [0, 0.05) is 0 Å². The average Bonchev–Trinajstić information content (AvgIpc) is 2.18. The van der Waals surface area contributed by atoms with Crippen LogP contribution in [0.5, 0.6) is 0 Å². The maximum Gasteiger partial charge on any atom is 0.289 e. The van der Waals surface area contributed by atoms with Gasteiger partial charge in [0.15, 0.2) is 0 Å². The van der Waals surface area contributed by atoms with Crippen LogP contribution in [0.3, 0.4) is 0 Å². The monoisotopic (exact) mass is 215 g/mol. The Morgan fingerprint density at radius 1 is 1.36 bits per heavy atom. The van der Waals surface area contributed by atoms with E-state index in [0.29, 0.717) is 0 Å². The second-order valence-corrected chi connectivity index (χ2v) is 4.21. The molecule has 0 aliphatic heterocycles. The molecule has 0 fully saturated rings. The van der Waals surface area contributed by atoms with Crippen molar-refractivity contribution in [1.29, 1.82) is 5.41 Å². The van der Waals surface area contributed by atoms with E-state index in [1.54, 1.807) is 6.07 Å². The smallest absolute Gasteiger partial charge is 0.289 e. The van der Waals surface area contributed by atoms with Crippen molar-refractivity contribution in [3.8, 4) is 0 Å². The van der Waals surface area contributed by atoms with Crippen LogP contribution < -0.4 is 5.73 Å². The van der Waals surface area contributed by atoms with E-state index in [-0.39, 0.29) is 9.36 Å². The summed E-state index contributed by atoms with van der Waals surface area (Å²) in [7, 11) is -4.10. The predicted octanol–water partition coefficient (Wildman–Crippen LogP) is -0.0400. The van der Waals surface area contributed by atoms with Gasteiger partial charge >= 0.3 is 0 Å². The van der Waals surface area contributed by atoms with Gasteiger partial charge < -0.3 is 5.73 Å². The average molecular weight is 215 g/mol. The maximum atomic E-state index is 11.4. The molecule has 0 aromatic heterocycles. The molecule has 0 saturated carbocycles. The maximum absolute atomic E-state index is 11.4. The Balaban J connectivity index is 3.16. The third-order valence-corrected chi connectivity index (χ3v) is 2.99. The lowest BCUT2D eigenvalue weighted by molar-refractivity contribution is 0.0767. The van der Waals surface area contributed by atoms with Crippen LogP contribution in [0.2, 0.25) is 0 Å². The number of nitrogens with two attached hydrogens (primary N) is 1. The molecule has 0 radical (unpaired) electrons. The molecule has 1 aromatic rings. The molecule has 0 atom stereocenters. The highest BCUT2D eigenvalue weighted by Gasteiger charge is 2.23. The van der Waals surface area contributed by atoms with E-state index in [9.17, 15) is 8.42 Å². The van der Waals surface area contributed by atoms with Crippen LogP contribution in [-0.2, 0) is 10.0 Å². The molecule has 0 aliphatic carbocycles. The molecule has 4 N–H and O–H groups in total. The lowest BCUT2D eigenvalue weighted by Gasteiger charge is -2.13. The fraction of sp³-hybridized carbons (Fsp3) is 0. The van der Waals surface area contributed by atoms with Gasteiger partial charge in [0.05, 0.1) is 4.90 Å². The molecule has 76 valence electrons. The minimum Gasteiger partial charge on any atom is -0.367 e. The SMILES string of the molecule is N=C(N)N(O)S(=O)(=O)c1ccccc1. The number of nitrogens with one attached hydrogen (secondary N) is 1. The molecule has 0 amide bonds. The number of hydrogen-bond acceptors (Lipinski definition) is 4. The Hall–Kier alpha value is -1.60. The Bertz CT molecular complexity index is 429. The zero-order chi connectivity index (χ0) is 10.8. The van der Waals surface area contributed by atoms with Crippen LogP contribution in [0.15, 0.2) is 35.2 Å². The molecule has 1 rings (SSSR count). The van der Waals surface area contributed by atoms with Crippen molar-refractivity contribution in [1.82, 2.24) is 4.47 Å². The molecule has 0 bridgehead atoms. The Labute approximate surface area is 81.1 Å². The summed E-state index contributed by atoms with van der Waals surface area (Å²) < 4.78 is 22.6. The minimum atomic E-state index is -4.10. The highest BCUT2D eigenvalue weighted by atomic mass is 32.2. The van der Waals surface area contributed by atoms with Gasteiger partial charge in [0.1, 0.15) is 0 Å². The van der Waals surface area contributed by atoms with E-state index in [0.717, 1.165) is 0 Å². The number of benzene rings is 1. The summed E-state index contributed by atoms with van der Waals surface area (Å²) in [5.41, 5.74) is 4.84. The third kappa shape index (κ3) is 1.83. The zero-order valence-electron chi connectivity index (χ0n) is 7.08. The number of hydrogen-bond donors (Lipinski definition) is 3. The van der Waals surface area contributed by atoms with E-state index in [2.05, 4.69) is 0 Å². The molecule has 6 nitrogen and oxygen atoms in total. The molecule has 1 aromatic carbocycles. The second kappa shape index (κ2) is 3.64. The van der Waals surface area contributed by atoms with Crippen molar-refractivity contribution in [2.24, 2.45) is 5.73 Å². The lowest BCUT2D eigenvalue weighted by Crippen LogP contribution is -2.38. The van der Waals surface area contributed by atoms with Crippen LogP contribution in [-0.4, -0.2) is 24.1 Å². The number of nitrogens with zero attached hydrogens (tertiary/aromatic N) is 1. The summed E-state index contributed by atoms with van der Waals surface area (Å²) in [5, 5.41) is 15.8. The fourth-order valence-corrected chi connectivity index (χ4v) is 1.78. The van der Waals surface area contributed by atoms with E-state index < -0.39 is 16.0 Å². The molecular weight excluding hydrogens is 206 g/mol. The fourth-order valence-electron chi connectivity index (χ4n) is 0.822. The van der Waals surface area contributed by atoms with Gasteiger partial charge in [0.25, 0.3) is 10.0 Å². The highest BCUT2D eigenvalue weighted by Crippen LogP contribution is 2.12. The summed E-state index contributed by atoms with van der Waals surface area (Å²) in [6.07, 6.45) is 0. The molecule has 14 heavy (non-hydrogen) atoms. The highest BCUT2D eigenvalue weighted by molar-refractivity contribution is 7.89. The summed E-state index contributed by atoms with van der Waals surface area (Å²) in [6, 6.07) is 7.22. The van der Waals surface area contributed by atoms with Gasteiger partial charge in [-0.3, -0.25) is 10.6 Å².